The maximum Gasteiger partial charge on any atom is 0.144 e. The molecule has 0 spiro atoms. The third kappa shape index (κ3) is 6.38. The minimum atomic E-state index is -0.910. The van der Waals surface area contributed by atoms with Crippen LogP contribution < -0.4 is 0 Å². The highest BCUT2D eigenvalue weighted by molar-refractivity contribution is 5.84. The van der Waals surface area contributed by atoms with Gasteiger partial charge in [0, 0.05) is 5.39 Å². The molecule has 0 radical (unpaired) electrons. The monoisotopic (exact) mass is 503 g/mol. The van der Waals surface area contributed by atoms with Crippen LogP contribution in [0.5, 0.6) is 0 Å². The van der Waals surface area contributed by atoms with Gasteiger partial charge in [0.15, 0.2) is 0 Å². The fourth-order valence-electron chi connectivity index (χ4n) is 4.70. The molecule has 0 atom stereocenters. The molecule has 0 amide bonds. The fourth-order valence-corrected chi connectivity index (χ4v) is 4.70. The minimum absolute atomic E-state index is 0.174. The summed E-state index contributed by atoms with van der Waals surface area (Å²) in [5.41, 5.74) is 2.91. The molecule has 0 unspecified atom stereocenters. The van der Waals surface area contributed by atoms with Gasteiger partial charge < -0.3 is 0 Å². The number of aryl methyl sites for hydroxylation is 5. The topological polar surface area (TPSA) is 23.8 Å². The number of nitriles is 1. The summed E-state index contributed by atoms with van der Waals surface area (Å²) in [5.74, 6) is -2.35. The molecule has 0 aliphatic carbocycles. The largest absolute Gasteiger partial charge is 0.207 e. The van der Waals surface area contributed by atoms with Crippen LogP contribution in [0.3, 0.4) is 0 Å². The maximum absolute atomic E-state index is 15.2. The molecule has 4 rings (SSSR count). The molecule has 0 saturated heterocycles. The molecule has 0 aliphatic rings. The fraction of sp³-hybridized carbons (Fsp3) is 0.281. The summed E-state index contributed by atoms with van der Waals surface area (Å²) in [6.07, 6.45) is 5.95. The quantitative estimate of drug-likeness (QED) is 0.157. The SMILES string of the molecule is CCCCCc1ccc(CCc2ccc3c(F)c(CCc4cc(F)c(C#N)c(F)c4)ccc3c2)c(F)c1. The lowest BCUT2D eigenvalue weighted by Crippen LogP contribution is -2.00. The Morgan fingerprint density at radius 3 is 1.95 bits per heavy atom. The lowest BCUT2D eigenvalue weighted by molar-refractivity contribution is 0.572. The first kappa shape index (κ1) is 26.4. The third-order valence-corrected chi connectivity index (χ3v) is 6.86. The van der Waals surface area contributed by atoms with Crippen LogP contribution in [0, 0.1) is 34.6 Å². The molecule has 0 bridgehead atoms. The van der Waals surface area contributed by atoms with Crippen molar-refractivity contribution in [1.29, 1.82) is 5.26 Å². The summed E-state index contributed by atoms with van der Waals surface area (Å²) < 4.78 is 57.5. The highest BCUT2D eigenvalue weighted by Gasteiger charge is 2.13. The van der Waals surface area contributed by atoms with Crippen molar-refractivity contribution in [3.8, 4) is 6.07 Å². The highest BCUT2D eigenvalue weighted by atomic mass is 19.1. The number of halogens is 4. The molecule has 4 aromatic rings. The molecule has 0 aliphatic heterocycles. The van der Waals surface area contributed by atoms with Crippen molar-refractivity contribution in [2.75, 3.05) is 0 Å². The van der Waals surface area contributed by atoms with E-state index in [-0.39, 0.29) is 24.5 Å². The van der Waals surface area contributed by atoms with E-state index in [0.717, 1.165) is 54.3 Å². The predicted molar refractivity (Wildman–Crippen MR) is 139 cm³/mol. The molecule has 0 fully saturated rings. The maximum atomic E-state index is 15.2. The molecule has 0 N–H and O–H groups in total. The predicted octanol–water partition coefficient (Wildman–Crippen LogP) is 8.57. The number of hydrogen-bond donors (Lipinski definition) is 0. The average Bonchev–Trinajstić information content (AvgIpc) is 2.88. The molecule has 1 nitrogen and oxygen atoms in total. The van der Waals surface area contributed by atoms with Crippen LogP contribution in [0.2, 0.25) is 0 Å². The molecule has 0 aromatic heterocycles. The van der Waals surface area contributed by atoms with Crippen molar-refractivity contribution in [1.82, 2.24) is 0 Å². The van der Waals surface area contributed by atoms with Crippen molar-refractivity contribution in [3.63, 3.8) is 0 Å². The van der Waals surface area contributed by atoms with Gasteiger partial charge in [0.1, 0.15) is 34.9 Å². The zero-order chi connectivity index (χ0) is 26.4. The first-order valence-electron chi connectivity index (χ1n) is 12.7. The van der Waals surface area contributed by atoms with E-state index >= 15 is 4.39 Å². The lowest BCUT2D eigenvalue weighted by Gasteiger charge is -2.10. The van der Waals surface area contributed by atoms with Gasteiger partial charge in [-0.2, -0.15) is 5.26 Å². The summed E-state index contributed by atoms with van der Waals surface area (Å²) in [6.45, 7) is 2.15. The van der Waals surface area contributed by atoms with Crippen molar-refractivity contribution >= 4 is 10.8 Å². The van der Waals surface area contributed by atoms with Crippen LogP contribution in [0.4, 0.5) is 17.6 Å². The molecule has 5 heteroatoms. The molecule has 37 heavy (non-hydrogen) atoms. The van der Waals surface area contributed by atoms with E-state index in [2.05, 4.69) is 6.92 Å². The van der Waals surface area contributed by atoms with Gasteiger partial charge in [0.25, 0.3) is 0 Å². The van der Waals surface area contributed by atoms with Crippen LogP contribution in [0.25, 0.3) is 10.8 Å². The van der Waals surface area contributed by atoms with E-state index in [9.17, 15) is 13.2 Å². The Kier molecular flexibility index (Phi) is 8.61. The smallest absolute Gasteiger partial charge is 0.144 e. The van der Waals surface area contributed by atoms with Crippen molar-refractivity contribution < 1.29 is 17.6 Å². The normalized spacial score (nSPS) is 11.1. The second-order valence-electron chi connectivity index (χ2n) is 9.52. The van der Waals surface area contributed by atoms with Gasteiger partial charge >= 0.3 is 0 Å². The molecule has 0 saturated carbocycles. The third-order valence-electron chi connectivity index (χ3n) is 6.86. The van der Waals surface area contributed by atoms with E-state index < -0.39 is 17.2 Å². The number of hydrogen-bond acceptors (Lipinski definition) is 1. The Balaban J connectivity index is 1.42. The highest BCUT2D eigenvalue weighted by Crippen LogP contribution is 2.25. The molecule has 4 aromatic carbocycles. The summed E-state index contributed by atoms with van der Waals surface area (Å²) in [4.78, 5) is 0. The van der Waals surface area contributed by atoms with Crippen LogP contribution in [0.1, 0.15) is 59.6 Å². The zero-order valence-electron chi connectivity index (χ0n) is 20.9. The Bertz CT molecular complexity index is 1430. The van der Waals surface area contributed by atoms with Crippen molar-refractivity contribution in [3.05, 3.63) is 117 Å². The van der Waals surface area contributed by atoms with E-state index in [1.54, 1.807) is 18.2 Å². The van der Waals surface area contributed by atoms with E-state index in [4.69, 9.17) is 5.26 Å². The van der Waals surface area contributed by atoms with Crippen LogP contribution in [0.15, 0.2) is 60.7 Å². The van der Waals surface area contributed by atoms with Gasteiger partial charge in [-0.15, -0.1) is 0 Å². The first-order valence-corrected chi connectivity index (χ1v) is 12.7. The average molecular weight is 504 g/mol. The van der Waals surface area contributed by atoms with Gasteiger partial charge in [-0.25, -0.2) is 17.6 Å². The second kappa shape index (κ2) is 12.1. The summed E-state index contributed by atoms with van der Waals surface area (Å²) >= 11 is 0. The second-order valence-corrected chi connectivity index (χ2v) is 9.52. The number of unbranched alkanes of at least 4 members (excludes halogenated alkanes) is 2. The number of benzene rings is 4. The number of rotatable bonds is 10. The minimum Gasteiger partial charge on any atom is -0.207 e. The standard InChI is InChI=1S/C32H29F4N/c1-2-3-4-5-21-6-10-24(29(33)17-21)11-7-22-9-15-27-26(16-22)14-13-25(32(27)36)12-8-23-18-30(34)28(20-37)31(35)19-23/h6,9-10,13-19H,2-5,7-8,11-12H2,1H3. The summed E-state index contributed by atoms with van der Waals surface area (Å²) in [5, 5.41) is 10.0. The Hall–Kier alpha value is -3.65. The first-order chi connectivity index (χ1) is 17.9. The van der Waals surface area contributed by atoms with Gasteiger partial charge in [-0.1, -0.05) is 62.2 Å². The van der Waals surface area contributed by atoms with Crippen molar-refractivity contribution in [2.24, 2.45) is 0 Å². The number of fused-ring (bicyclic) bond motifs is 1. The van der Waals surface area contributed by atoms with Crippen LogP contribution >= 0.6 is 0 Å². The van der Waals surface area contributed by atoms with Gasteiger partial charge in [-0.3, -0.25) is 0 Å². The van der Waals surface area contributed by atoms with Gasteiger partial charge in [-0.05, 0) is 89.9 Å². The molecular weight excluding hydrogens is 474 g/mol. The Morgan fingerprint density at radius 2 is 1.24 bits per heavy atom. The molecular formula is C32H29F4N. The Morgan fingerprint density at radius 1 is 0.622 bits per heavy atom. The lowest BCUT2D eigenvalue weighted by atomic mass is 9.96. The summed E-state index contributed by atoms with van der Waals surface area (Å²) in [7, 11) is 0. The summed E-state index contributed by atoms with van der Waals surface area (Å²) in [6, 6.07) is 18.3. The van der Waals surface area contributed by atoms with Gasteiger partial charge in [0.05, 0.1) is 0 Å². The Labute approximate surface area is 215 Å². The zero-order valence-corrected chi connectivity index (χ0v) is 20.9. The van der Waals surface area contributed by atoms with Crippen LogP contribution in [-0.4, -0.2) is 0 Å². The van der Waals surface area contributed by atoms with Crippen molar-refractivity contribution in [2.45, 2.75) is 58.3 Å². The number of nitrogens with zero attached hydrogens (tertiary/aromatic N) is 1. The van der Waals surface area contributed by atoms with Gasteiger partial charge in [0.2, 0.25) is 0 Å². The van der Waals surface area contributed by atoms with E-state index in [1.165, 1.54) is 6.07 Å². The molecule has 190 valence electrons. The van der Waals surface area contributed by atoms with E-state index in [1.807, 2.05) is 30.3 Å². The van der Waals surface area contributed by atoms with Crippen LogP contribution in [-0.2, 0) is 32.1 Å². The molecule has 0 heterocycles. The van der Waals surface area contributed by atoms with E-state index in [0.29, 0.717) is 34.9 Å².